The van der Waals surface area contributed by atoms with E-state index in [-0.39, 0.29) is 11.8 Å². The van der Waals surface area contributed by atoms with Crippen molar-refractivity contribution < 1.29 is 9.47 Å². The fraction of sp³-hybridized carbons (Fsp3) is 0.750. The van der Waals surface area contributed by atoms with Crippen molar-refractivity contribution in [1.29, 1.82) is 10.5 Å². The number of nitriles is 2. The van der Waals surface area contributed by atoms with E-state index in [2.05, 4.69) is 17.1 Å². The van der Waals surface area contributed by atoms with E-state index < -0.39 is 16.7 Å². The first-order valence-electron chi connectivity index (χ1n) is 5.85. The van der Waals surface area contributed by atoms with Gasteiger partial charge in [0.15, 0.2) is 5.41 Å². The first kappa shape index (κ1) is 12.8. The fourth-order valence-electron chi connectivity index (χ4n) is 3.41. The highest BCUT2D eigenvalue weighted by Gasteiger charge is 2.92. The summed E-state index contributed by atoms with van der Waals surface area (Å²) in [6.07, 6.45) is 1.57. The molecule has 0 spiro atoms. The Kier molecular flexibility index (Phi) is 2.62. The summed E-state index contributed by atoms with van der Waals surface area (Å²) < 4.78 is 10.6. The molecule has 1 aliphatic heterocycles. The van der Waals surface area contributed by atoms with Crippen LogP contribution < -0.4 is 5.73 Å². The van der Waals surface area contributed by atoms with Crippen LogP contribution in [0.2, 0.25) is 0 Å². The van der Waals surface area contributed by atoms with Gasteiger partial charge in [-0.1, -0.05) is 13.3 Å². The smallest absolute Gasteiger partial charge is 0.292 e. The summed E-state index contributed by atoms with van der Waals surface area (Å²) in [4.78, 5) is 4.11. The monoisotopic (exact) mass is 248 g/mol. The minimum Gasteiger partial charge on any atom is -0.386 e. The SMILES string of the molecule is CCCC1C2(C#N)C(N)=NC(OC)(OC)C12C#N. The summed E-state index contributed by atoms with van der Waals surface area (Å²) in [6, 6.07) is 4.37. The van der Waals surface area contributed by atoms with Crippen LogP contribution in [0.25, 0.3) is 0 Å². The average molecular weight is 248 g/mol. The zero-order valence-corrected chi connectivity index (χ0v) is 10.7. The third-order valence-corrected chi connectivity index (χ3v) is 4.24. The predicted molar refractivity (Wildman–Crippen MR) is 62.9 cm³/mol. The van der Waals surface area contributed by atoms with Crippen molar-refractivity contribution in [2.75, 3.05) is 14.2 Å². The predicted octanol–water partition coefficient (Wildman–Crippen LogP) is 0.754. The molecule has 0 bridgehead atoms. The Morgan fingerprint density at radius 1 is 1.33 bits per heavy atom. The molecule has 0 aromatic heterocycles. The Morgan fingerprint density at radius 3 is 2.33 bits per heavy atom. The molecule has 18 heavy (non-hydrogen) atoms. The minimum absolute atomic E-state index is 0.147. The molecule has 0 saturated heterocycles. The summed E-state index contributed by atoms with van der Waals surface area (Å²) in [5.41, 5.74) is 3.70. The first-order chi connectivity index (χ1) is 8.56. The van der Waals surface area contributed by atoms with Gasteiger partial charge >= 0.3 is 0 Å². The second kappa shape index (κ2) is 3.68. The van der Waals surface area contributed by atoms with E-state index in [4.69, 9.17) is 15.2 Å². The number of nitrogens with zero attached hydrogens (tertiary/aromatic N) is 3. The number of methoxy groups -OCH3 is 2. The van der Waals surface area contributed by atoms with Crippen LogP contribution in [0.4, 0.5) is 0 Å². The fourth-order valence-corrected chi connectivity index (χ4v) is 3.41. The maximum absolute atomic E-state index is 9.59. The Labute approximate surface area is 106 Å². The molecule has 1 saturated carbocycles. The lowest BCUT2D eigenvalue weighted by Gasteiger charge is -2.29. The lowest BCUT2D eigenvalue weighted by atomic mass is 9.94. The van der Waals surface area contributed by atoms with Crippen molar-refractivity contribution >= 4 is 5.84 Å². The molecule has 1 fully saturated rings. The van der Waals surface area contributed by atoms with Gasteiger partial charge in [0.2, 0.25) is 0 Å². The van der Waals surface area contributed by atoms with Crippen molar-refractivity contribution in [2.45, 2.75) is 25.7 Å². The van der Waals surface area contributed by atoms with Gasteiger partial charge in [-0.2, -0.15) is 10.5 Å². The zero-order valence-electron chi connectivity index (χ0n) is 10.7. The molecule has 1 aliphatic carbocycles. The van der Waals surface area contributed by atoms with Crippen LogP contribution in [0.1, 0.15) is 19.8 Å². The number of amidine groups is 1. The summed E-state index contributed by atoms with van der Waals surface area (Å²) in [7, 11) is 2.82. The standard InChI is InChI=1S/C12H16N4O2/c1-4-5-8-10(6-13)9(15)16-12(17-2,18-3)11(8,10)7-14/h8H,4-5H2,1-3H3,(H2,15,16). The Balaban J connectivity index is 2.61. The van der Waals surface area contributed by atoms with Gasteiger partial charge in [0.1, 0.15) is 11.3 Å². The third kappa shape index (κ3) is 0.937. The van der Waals surface area contributed by atoms with E-state index in [0.29, 0.717) is 6.42 Å². The summed E-state index contributed by atoms with van der Waals surface area (Å²) in [5, 5.41) is 19.1. The molecule has 6 heteroatoms. The number of aliphatic imine (C=N–C) groups is 1. The van der Waals surface area contributed by atoms with Crippen LogP contribution in [-0.4, -0.2) is 26.0 Å². The lowest BCUT2D eigenvalue weighted by Crippen LogP contribution is -2.41. The summed E-state index contributed by atoms with van der Waals surface area (Å²) in [6.45, 7) is 2.00. The van der Waals surface area contributed by atoms with Crippen LogP contribution in [0, 0.1) is 39.4 Å². The Hall–Kier alpha value is -1.63. The molecule has 3 unspecified atom stereocenters. The van der Waals surface area contributed by atoms with Crippen LogP contribution >= 0.6 is 0 Å². The molecule has 3 atom stereocenters. The molecular formula is C12H16N4O2. The van der Waals surface area contributed by atoms with Crippen LogP contribution in [-0.2, 0) is 9.47 Å². The Bertz CT molecular complexity index is 485. The molecule has 0 amide bonds. The molecule has 96 valence electrons. The van der Waals surface area contributed by atoms with E-state index in [9.17, 15) is 10.5 Å². The third-order valence-electron chi connectivity index (χ3n) is 4.24. The number of nitrogens with two attached hydrogens (primary N) is 1. The second-order valence-corrected chi connectivity index (χ2v) is 4.67. The second-order valence-electron chi connectivity index (χ2n) is 4.67. The summed E-state index contributed by atoms with van der Waals surface area (Å²) in [5.74, 6) is -1.50. The highest BCUT2D eigenvalue weighted by atomic mass is 16.7. The topological polar surface area (TPSA) is 104 Å². The van der Waals surface area contributed by atoms with E-state index >= 15 is 0 Å². The molecule has 6 nitrogen and oxygen atoms in total. The zero-order chi connectivity index (χ0) is 13.6. The largest absolute Gasteiger partial charge is 0.386 e. The van der Waals surface area contributed by atoms with Crippen molar-refractivity contribution in [2.24, 2.45) is 27.5 Å². The molecule has 0 aromatic carbocycles. The number of hydrogen-bond donors (Lipinski definition) is 1. The van der Waals surface area contributed by atoms with Gasteiger partial charge in [-0.25, -0.2) is 4.99 Å². The number of ether oxygens (including phenoxy) is 2. The van der Waals surface area contributed by atoms with Gasteiger partial charge in [-0.3, -0.25) is 0 Å². The van der Waals surface area contributed by atoms with Gasteiger partial charge < -0.3 is 15.2 Å². The number of fused-ring (bicyclic) bond motifs is 1. The number of rotatable bonds is 4. The molecule has 2 aliphatic rings. The highest BCUT2D eigenvalue weighted by molar-refractivity contribution is 5.98. The maximum atomic E-state index is 9.59. The van der Waals surface area contributed by atoms with Crippen molar-refractivity contribution in [3.63, 3.8) is 0 Å². The average Bonchev–Trinajstić information content (AvgIpc) is 2.92. The number of hydrogen-bond acceptors (Lipinski definition) is 6. The first-order valence-corrected chi connectivity index (χ1v) is 5.85. The van der Waals surface area contributed by atoms with E-state index in [1.807, 2.05) is 6.92 Å². The van der Waals surface area contributed by atoms with E-state index in [1.165, 1.54) is 14.2 Å². The molecule has 0 aromatic rings. The van der Waals surface area contributed by atoms with Gasteiger partial charge in [0.05, 0.1) is 12.1 Å². The van der Waals surface area contributed by atoms with Crippen molar-refractivity contribution in [3.05, 3.63) is 0 Å². The highest BCUT2D eigenvalue weighted by Crippen LogP contribution is 2.78. The Morgan fingerprint density at radius 2 is 1.94 bits per heavy atom. The van der Waals surface area contributed by atoms with Crippen LogP contribution in [0.5, 0.6) is 0 Å². The maximum Gasteiger partial charge on any atom is 0.292 e. The normalized spacial score (nSPS) is 39.4. The van der Waals surface area contributed by atoms with Gasteiger partial charge in [0.25, 0.3) is 5.91 Å². The minimum atomic E-state index is -1.46. The van der Waals surface area contributed by atoms with Gasteiger partial charge in [0, 0.05) is 20.1 Å². The molecular weight excluding hydrogens is 232 g/mol. The molecule has 2 N–H and O–H groups in total. The van der Waals surface area contributed by atoms with Crippen molar-refractivity contribution in [1.82, 2.24) is 0 Å². The van der Waals surface area contributed by atoms with E-state index in [0.717, 1.165) is 6.42 Å². The van der Waals surface area contributed by atoms with Gasteiger partial charge in [-0.05, 0) is 6.42 Å². The molecule has 0 radical (unpaired) electrons. The molecule has 1 heterocycles. The molecule has 2 rings (SSSR count). The van der Waals surface area contributed by atoms with Gasteiger partial charge in [-0.15, -0.1) is 0 Å². The van der Waals surface area contributed by atoms with Crippen molar-refractivity contribution in [3.8, 4) is 12.1 Å². The quantitative estimate of drug-likeness (QED) is 0.739. The van der Waals surface area contributed by atoms with Crippen LogP contribution in [0.3, 0.4) is 0 Å². The lowest BCUT2D eigenvalue weighted by molar-refractivity contribution is -0.232. The van der Waals surface area contributed by atoms with Crippen LogP contribution in [0.15, 0.2) is 4.99 Å². The van der Waals surface area contributed by atoms with E-state index in [1.54, 1.807) is 0 Å². The summed E-state index contributed by atoms with van der Waals surface area (Å²) >= 11 is 0.